The van der Waals surface area contributed by atoms with Gasteiger partial charge in [-0.2, -0.15) is 11.8 Å². The first kappa shape index (κ1) is 11.1. The summed E-state index contributed by atoms with van der Waals surface area (Å²) in [5.74, 6) is 2.77. The predicted octanol–water partition coefficient (Wildman–Crippen LogP) is 2.58. The Bertz CT molecular complexity index is 91.6. The van der Waals surface area contributed by atoms with E-state index in [1.54, 1.807) is 0 Å². The molecule has 0 aromatic rings. The second kappa shape index (κ2) is 8.15. The zero-order valence-corrected chi connectivity index (χ0v) is 8.32. The Kier molecular flexibility index (Phi) is 8.19. The van der Waals surface area contributed by atoms with Gasteiger partial charge in [0.05, 0.1) is 6.61 Å². The van der Waals surface area contributed by atoms with Crippen molar-refractivity contribution in [3.05, 3.63) is 12.7 Å². The molecule has 0 amide bonds. The smallest absolute Gasteiger partial charge is 0.0556 e. The Morgan fingerprint density at radius 3 is 2.82 bits per heavy atom. The van der Waals surface area contributed by atoms with Crippen LogP contribution in [0.15, 0.2) is 12.7 Å². The van der Waals surface area contributed by atoms with Crippen molar-refractivity contribution in [3.8, 4) is 0 Å². The zero-order chi connectivity index (χ0) is 8.53. The van der Waals surface area contributed by atoms with E-state index in [4.69, 9.17) is 4.74 Å². The van der Waals surface area contributed by atoms with E-state index in [0.717, 1.165) is 24.7 Å². The first-order chi connectivity index (χ1) is 5.27. The van der Waals surface area contributed by atoms with Crippen molar-refractivity contribution in [2.24, 2.45) is 5.92 Å². The monoisotopic (exact) mass is 174 g/mol. The predicted molar refractivity (Wildman–Crippen MR) is 53.2 cm³/mol. The molecular weight excluding hydrogens is 156 g/mol. The molecule has 0 aromatic carbocycles. The highest BCUT2D eigenvalue weighted by atomic mass is 32.2. The minimum absolute atomic E-state index is 0.652. The number of thioether (sulfide) groups is 1. The van der Waals surface area contributed by atoms with Gasteiger partial charge in [0.2, 0.25) is 0 Å². The van der Waals surface area contributed by atoms with Crippen LogP contribution < -0.4 is 0 Å². The number of hydrogen-bond acceptors (Lipinski definition) is 2. The van der Waals surface area contributed by atoms with Crippen LogP contribution in [0.4, 0.5) is 0 Å². The zero-order valence-electron chi connectivity index (χ0n) is 7.51. The maximum absolute atomic E-state index is 5.39. The SMILES string of the molecule is C=CCSCCOCC(C)C. The molecule has 0 aliphatic rings. The van der Waals surface area contributed by atoms with Crippen LogP contribution in [-0.4, -0.2) is 24.7 Å². The second-order valence-corrected chi connectivity index (χ2v) is 3.98. The molecule has 0 saturated carbocycles. The third-order valence-corrected chi connectivity index (χ3v) is 1.99. The fourth-order valence-corrected chi connectivity index (χ4v) is 1.17. The molecule has 0 bridgehead atoms. The normalized spacial score (nSPS) is 10.5. The Morgan fingerprint density at radius 1 is 1.55 bits per heavy atom. The van der Waals surface area contributed by atoms with Gasteiger partial charge < -0.3 is 4.74 Å². The van der Waals surface area contributed by atoms with Crippen LogP contribution in [0.2, 0.25) is 0 Å². The van der Waals surface area contributed by atoms with Crippen molar-refractivity contribution in [3.63, 3.8) is 0 Å². The van der Waals surface area contributed by atoms with Crippen LogP contribution in [-0.2, 0) is 4.74 Å². The van der Waals surface area contributed by atoms with Crippen LogP contribution in [0.3, 0.4) is 0 Å². The van der Waals surface area contributed by atoms with Crippen LogP contribution >= 0.6 is 11.8 Å². The van der Waals surface area contributed by atoms with E-state index in [2.05, 4.69) is 20.4 Å². The Morgan fingerprint density at radius 2 is 2.27 bits per heavy atom. The first-order valence-electron chi connectivity index (χ1n) is 4.03. The van der Waals surface area contributed by atoms with E-state index < -0.39 is 0 Å². The summed E-state index contributed by atoms with van der Waals surface area (Å²) >= 11 is 1.86. The largest absolute Gasteiger partial charge is 0.380 e. The minimum atomic E-state index is 0.652. The molecular formula is C9H18OS. The lowest BCUT2D eigenvalue weighted by Crippen LogP contribution is -2.04. The van der Waals surface area contributed by atoms with Crippen molar-refractivity contribution in [1.82, 2.24) is 0 Å². The van der Waals surface area contributed by atoms with Gasteiger partial charge in [-0.05, 0) is 5.92 Å². The summed E-state index contributed by atoms with van der Waals surface area (Å²) in [5.41, 5.74) is 0. The highest BCUT2D eigenvalue weighted by molar-refractivity contribution is 7.99. The quantitative estimate of drug-likeness (QED) is 0.433. The number of rotatable bonds is 7. The highest BCUT2D eigenvalue weighted by Crippen LogP contribution is 2.00. The Hall–Kier alpha value is 0.0500. The molecule has 1 nitrogen and oxygen atoms in total. The van der Waals surface area contributed by atoms with Crippen LogP contribution in [0.25, 0.3) is 0 Å². The molecule has 0 aliphatic heterocycles. The van der Waals surface area contributed by atoms with Gasteiger partial charge in [-0.3, -0.25) is 0 Å². The molecule has 0 rings (SSSR count). The van der Waals surface area contributed by atoms with Gasteiger partial charge in [0.15, 0.2) is 0 Å². The van der Waals surface area contributed by atoms with E-state index in [9.17, 15) is 0 Å². The average molecular weight is 174 g/mol. The standard InChI is InChI=1S/C9H18OS/c1-4-6-11-7-5-10-8-9(2)3/h4,9H,1,5-8H2,2-3H3. The van der Waals surface area contributed by atoms with E-state index in [1.807, 2.05) is 17.8 Å². The molecule has 0 spiro atoms. The first-order valence-corrected chi connectivity index (χ1v) is 5.19. The summed E-state index contributed by atoms with van der Waals surface area (Å²) in [5, 5.41) is 0. The third-order valence-electron chi connectivity index (χ3n) is 1.06. The summed E-state index contributed by atoms with van der Waals surface area (Å²) < 4.78 is 5.39. The van der Waals surface area contributed by atoms with Crippen molar-refractivity contribution >= 4 is 11.8 Å². The van der Waals surface area contributed by atoms with Gasteiger partial charge in [-0.25, -0.2) is 0 Å². The molecule has 0 saturated heterocycles. The van der Waals surface area contributed by atoms with Gasteiger partial charge in [-0.15, -0.1) is 6.58 Å². The minimum Gasteiger partial charge on any atom is -0.380 e. The van der Waals surface area contributed by atoms with Crippen molar-refractivity contribution in [2.75, 3.05) is 24.7 Å². The van der Waals surface area contributed by atoms with E-state index in [1.165, 1.54) is 0 Å². The molecule has 0 aliphatic carbocycles. The van der Waals surface area contributed by atoms with Crippen LogP contribution in [0.1, 0.15) is 13.8 Å². The molecule has 0 fully saturated rings. The Labute approximate surface area is 74.2 Å². The van der Waals surface area contributed by atoms with Gasteiger partial charge in [0.25, 0.3) is 0 Å². The van der Waals surface area contributed by atoms with E-state index in [-0.39, 0.29) is 0 Å². The lowest BCUT2D eigenvalue weighted by Gasteiger charge is -2.05. The molecule has 66 valence electrons. The summed E-state index contributed by atoms with van der Waals surface area (Å²) in [6, 6.07) is 0. The van der Waals surface area contributed by atoms with Gasteiger partial charge in [0.1, 0.15) is 0 Å². The maximum atomic E-state index is 5.39. The van der Waals surface area contributed by atoms with Crippen molar-refractivity contribution < 1.29 is 4.74 Å². The Balaban J connectivity index is 2.85. The summed E-state index contributed by atoms with van der Waals surface area (Å²) in [6.45, 7) is 9.73. The third kappa shape index (κ3) is 10.1. The summed E-state index contributed by atoms with van der Waals surface area (Å²) in [4.78, 5) is 0. The summed E-state index contributed by atoms with van der Waals surface area (Å²) in [6.07, 6.45) is 1.92. The molecule has 0 heterocycles. The second-order valence-electron chi connectivity index (χ2n) is 2.83. The van der Waals surface area contributed by atoms with E-state index >= 15 is 0 Å². The van der Waals surface area contributed by atoms with Crippen molar-refractivity contribution in [1.29, 1.82) is 0 Å². The fraction of sp³-hybridized carbons (Fsp3) is 0.778. The van der Waals surface area contributed by atoms with E-state index in [0.29, 0.717) is 5.92 Å². The number of hydrogen-bond donors (Lipinski definition) is 0. The molecule has 2 heteroatoms. The number of ether oxygens (including phenoxy) is 1. The highest BCUT2D eigenvalue weighted by Gasteiger charge is 1.92. The lowest BCUT2D eigenvalue weighted by molar-refractivity contribution is 0.124. The van der Waals surface area contributed by atoms with Gasteiger partial charge in [-0.1, -0.05) is 19.9 Å². The topological polar surface area (TPSA) is 9.23 Å². The summed E-state index contributed by atoms with van der Waals surface area (Å²) in [7, 11) is 0. The maximum Gasteiger partial charge on any atom is 0.0556 e. The molecule has 0 N–H and O–H groups in total. The molecule has 0 radical (unpaired) electrons. The molecule has 11 heavy (non-hydrogen) atoms. The van der Waals surface area contributed by atoms with Crippen molar-refractivity contribution in [2.45, 2.75) is 13.8 Å². The molecule has 0 aromatic heterocycles. The van der Waals surface area contributed by atoms with Gasteiger partial charge >= 0.3 is 0 Å². The van der Waals surface area contributed by atoms with Gasteiger partial charge in [0, 0.05) is 18.1 Å². The van der Waals surface area contributed by atoms with Crippen LogP contribution in [0, 0.1) is 5.92 Å². The average Bonchev–Trinajstić information content (AvgIpc) is 1.96. The van der Waals surface area contributed by atoms with Crippen LogP contribution in [0.5, 0.6) is 0 Å². The fourth-order valence-electron chi connectivity index (χ4n) is 0.604. The molecule has 0 atom stereocenters. The molecule has 0 unspecified atom stereocenters. The lowest BCUT2D eigenvalue weighted by atomic mass is 10.2.